The monoisotopic (exact) mass is 899 g/mol. The van der Waals surface area contributed by atoms with Crippen LogP contribution in [0, 0.1) is 0 Å². The number of hydrogen-bond donors (Lipinski definition) is 6. The normalized spacial score (nSPS) is 22.4. The fraction of sp³-hybridized carbons (Fsp3) is 0.750. The molecule has 8 atom stereocenters. The summed E-state index contributed by atoms with van der Waals surface area (Å²) >= 11 is 0. The molecule has 0 aliphatic heterocycles. The SMILES string of the molecule is CC/C=C/C/C=C/C/C=C/CCCCCCCCCCCCC(=O)OCC(COP(=O)(O)OC1C(O)C(O)C(O)[C@H](O)C1O)OC(=O)CC/C=C/C/C=C/CCCCCCCC. The molecule has 0 heterocycles. The highest BCUT2D eigenvalue weighted by Crippen LogP contribution is 2.47. The van der Waals surface area contributed by atoms with Gasteiger partial charge in [0.25, 0.3) is 0 Å². The van der Waals surface area contributed by atoms with Crippen LogP contribution in [0.4, 0.5) is 0 Å². The van der Waals surface area contributed by atoms with Crippen LogP contribution in [-0.2, 0) is 32.7 Å². The van der Waals surface area contributed by atoms with Crippen molar-refractivity contribution in [1.29, 1.82) is 0 Å². The van der Waals surface area contributed by atoms with Crippen molar-refractivity contribution in [2.75, 3.05) is 13.2 Å². The molecule has 0 spiro atoms. The number of esters is 2. The number of aliphatic hydroxyl groups is 5. The molecule has 14 heteroatoms. The van der Waals surface area contributed by atoms with Crippen LogP contribution in [0.15, 0.2) is 60.8 Å². The van der Waals surface area contributed by atoms with Crippen molar-refractivity contribution in [2.45, 2.75) is 217 Å². The van der Waals surface area contributed by atoms with Crippen molar-refractivity contribution in [3.05, 3.63) is 60.8 Å². The van der Waals surface area contributed by atoms with E-state index in [2.05, 4.69) is 62.5 Å². The van der Waals surface area contributed by atoms with Crippen molar-refractivity contribution in [3.63, 3.8) is 0 Å². The predicted molar refractivity (Wildman–Crippen MR) is 244 cm³/mol. The number of ether oxygens (including phenoxy) is 2. The van der Waals surface area contributed by atoms with Gasteiger partial charge in [0, 0.05) is 12.8 Å². The summed E-state index contributed by atoms with van der Waals surface area (Å²) in [7, 11) is -5.13. The van der Waals surface area contributed by atoms with E-state index < -0.39 is 75.7 Å². The van der Waals surface area contributed by atoms with Crippen LogP contribution in [0.2, 0.25) is 0 Å². The molecule has 1 aliphatic carbocycles. The van der Waals surface area contributed by atoms with Gasteiger partial charge in [-0.05, 0) is 64.2 Å². The first-order valence-electron chi connectivity index (χ1n) is 23.6. The lowest BCUT2D eigenvalue weighted by molar-refractivity contribution is -0.220. The second kappa shape index (κ2) is 37.9. The van der Waals surface area contributed by atoms with Crippen LogP contribution in [0.5, 0.6) is 0 Å². The summed E-state index contributed by atoms with van der Waals surface area (Å²) in [6.07, 6.45) is 32.9. The van der Waals surface area contributed by atoms with Crippen LogP contribution in [0.25, 0.3) is 0 Å². The van der Waals surface area contributed by atoms with E-state index in [4.69, 9.17) is 18.5 Å². The average molecular weight is 899 g/mol. The van der Waals surface area contributed by atoms with Crippen LogP contribution in [0.3, 0.4) is 0 Å². The van der Waals surface area contributed by atoms with E-state index in [0.717, 1.165) is 64.2 Å². The smallest absolute Gasteiger partial charge is 0.462 e. The zero-order chi connectivity index (χ0) is 45.7. The number of hydrogen-bond acceptors (Lipinski definition) is 12. The summed E-state index contributed by atoms with van der Waals surface area (Å²) < 4.78 is 33.4. The average Bonchev–Trinajstić information content (AvgIpc) is 3.25. The van der Waals surface area contributed by atoms with E-state index in [1.165, 1.54) is 70.6 Å². The third-order valence-electron chi connectivity index (χ3n) is 10.6. The molecular weight excluding hydrogens is 815 g/mol. The van der Waals surface area contributed by atoms with Gasteiger partial charge in [-0.25, -0.2) is 4.57 Å². The Morgan fingerprint density at radius 1 is 0.516 bits per heavy atom. The van der Waals surface area contributed by atoms with Gasteiger partial charge in [-0.2, -0.15) is 0 Å². The molecule has 62 heavy (non-hydrogen) atoms. The Morgan fingerprint density at radius 2 is 0.952 bits per heavy atom. The summed E-state index contributed by atoms with van der Waals surface area (Å²) in [6, 6.07) is 0. The summed E-state index contributed by atoms with van der Waals surface area (Å²) in [5.41, 5.74) is 0. The maximum Gasteiger partial charge on any atom is 0.472 e. The highest BCUT2D eigenvalue weighted by molar-refractivity contribution is 7.47. The number of unbranched alkanes of at least 4 members (excludes halogenated alkanes) is 16. The van der Waals surface area contributed by atoms with Gasteiger partial charge < -0.3 is 39.9 Å². The number of rotatable bonds is 38. The van der Waals surface area contributed by atoms with Gasteiger partial charge in [0.15, 0.2) is 6.10 Å². The van der Waals surface area contributed by atoms with Crippen molar-refractivity contribution < 1.29 is 63.1 Å². The van der Waals surface area contributed by atoms with E-state index in [1.807, 2.05) is 12.2 Å². The topological polar surface area (TPSA) is 210 Å². The molecule has 1 fully saturated rings. The van der Waals surface area contributed by atoms with Gasteiger partial charge in [0.2, 0.25) is 0 Å². The van der Waals surface area contributed by atoms with Gasteiger partial charge in [-0.15, -0.1) is 0 Å². The van der Waals surface area contributed by atoms with Gasteiger partial charge >= 0.3 is 19.8 Å². The molecule has 0 radical (unpaired) electrons. The second-order valence-corrected chi connectivity index (χ2v) is 17.6. The van der Waals surface area contributed by atoms with Gasteiger partial charge in [-0.3, -0.25) is 18.6 Å². The number of carbonyl (C=O) groups excluding carboxylic acids is 2. The molecule has 1 rings (SSSR count). The molecule has 358 valence electrons. The zero-order valence-corrected chi connectivity index (χ0v) is 38.8. The fourth-order valence-corrected chi connectivity index (χ4v) is 7.80. The molecule has 0 bridgehead atoms. The molecule has 6 N–H and O–H groups in total. The molecule has 0 amide bonds. The summed E-state index contributed by atoms with van der Waals surface area (Å²) in [5.74, 6) is -1.18. The van der Waals surface area contributed by atoms with E-state index in [1.54, 1.807) is 0 Å². The molecule has 0 saturated heterocycles. The molecule has 0 aromatic heterocycles. The van der Waals surface area contributed by atoms with E-state index in [-0.39, 0.29) is 12.8 Å². The number of phosphoric ester groups is 1. The summed E-state index contributed by atoms with van der Waals surface area (Å²) in [6.45, 7) is 3.12. The Labute approximate surface area is 373 Å². The minimum Gasteiger partial charge on any atom is -0.462 e. The third kappa shape index (κ3) is 29.8. The van der Waals surface area contributed by atoms with Crippen LogP contribution in [0.1, 0.15) is 174 Å². The van der Waals surface area contributed by atoms with Crippen molar-refractivity contribution in [3.8, 4) is 0 Å². The first-order valence-corrected chi connectivity index (χ1v) is 25.1. The largest absolute Gasteiger partial charge is 0.472 e. The molecular formula is C48H83O13P. The van der Waals surface area contributed by atoms with Gasteiger partial charge in [0.1, 0.15) is 43.2 Å². The van der Waals surface area contributed by atoms with Crippen molar-refractivity contribution >= 4 is 19.8 Å². The third-order valence-corrected chi connectivity index (χ3v) is 11.6. The fourth-order valence-electron chi connectivity index (χ4n) is 6.82. The van der Waals surface area contributed by atoms with Gasteiger partial charge in [-0.1, -0.05) is 158 Å². The lowest BCUT2D eigenvalue weighted by Crippen LogP contribution is -2.64. The lowest BCUT2D eigenvalue weighted by Gasteiger charge is -2.41. The van der Waals surface area contributed by atoms with Crippen LogP contribution in [-0.4, -0.2) is 98.3 Å². The van der Waals surface area contributed by atoms with Crippen molar-refractivity contribution in [2.24, 2.45) is 0 Å². The first kappa shape index (κ1) is 57.6. The molecule has 0 aromatic carbocycles. The molecule has 1 saturated carbocycles. The summed E-state index contributed by atoms with van der Waals surface area (Å²) in [4.78, 5) is 35.7. The predicted octanol–water partition coefficient (Wildman–Crippen LogP) is 9.34. The summed E-state index contributed by atoms with van der Waals surface area (Å²) in [5, 5.41) is 50.1. The number of carbonyl (C=O) groups is 2. The van der Waals surface area contributed by atoms with Crippen LogP contribution < -0.4 is 0 Å². The zero-order valence-electron chi connectivity index (χ0n) is 37.9. The highest BCUT2D eigenvalue weighted by Gasteiger charge is 2.51. The second-order valence-electron chi connectivity index (χ2n) is 16.2. The van der Waals surface area contributed by atoms with Crippen molar-refractivity contribution in [1.82, 2.24) is 0 Å². The molecule has 0 aromatic rings. The minimum absolute atomic E-state index is 0.0119. The Hall–Kier alpha value is -2.45. The molecule has 13 nitrogen and oxygen atoms in total. The minimum atomic E-state index is -5.13. The lowest BCUT2D eigenvalue weighted by atomic mass is 9.85. The maximum atomic E-state index is 12.8. The number of allylic oxidation sites excluding steroid dienone is 10. The standard InChI is InChI=1S/C48H83O13P/c1-3-5-7-9-11-13-15-17-18-19-20-21-22-23-25-26-28-30-32-34-36-41(49)58-38-40(39-59-62(56,57)61-48-46(54)44(52)43(51)45(53)47(48)55)60-42(50)37-35-33-31-29-27-24-16-14-12-10-8-6-4-2/h5,7,11,13,17-18,24,27,31,33,40,43-48,51-55H,3-4,6,8-10,12,14-16,19-23,25-26,28-30,32,34-39H2,1-2H3,(H,56,57)/b7-5+,13-11+,18-17+,27-24+,33-31+/t40?,43?,44-,45?,46?,47?,48?/m0/s1. The van der Waals surface area contributed by atoms with E-state index in [9.17, 15) is 44.6 Å². The first-order chi connectivity index (χ1) is 29.9. The van der Waals surface area contributed by atoms with E-state index >= 15 is 0 Å². The Balaban J connectivity index is 2.44. The highest BCUT2D eigenvalue weighted by atomic mass is 31.2. The van der Waals surface area contributed by atoms with Gasteiger partial charge in [0.05, 0.1) is 6.61 Å². The Kier molecular flexibility index (Phi) is 35.2. The Morgan fingerprint density at radius 3 is 1.47 bits per heavy atom. The number of phosphoric acid groups is 1. The number of aliphatic hydroxyl groups excluding tert-OH is 5. The molecule has 7 unspecified atom stereocenters. The quantitative estimate of drug-likeness (QED) is 0.0148. The van der Waals surface area contributed by atoms with Crippen LogP contribution >= 0.6 is 7.82 Å². The van der Waals surface area contributed by atoms with E-state index in [0.29, 0.717) is 12.8 Å². The Bertz CT molecular complexity index is 1320. The maximum absolute atomic E-state index is 12.8. The molecule has 1 aliphatic rings.